The zero-order chi connectivity index (χ0) is 15.5. The third-order valence-corrected chi connectivity index (χ3v) is 4.90. The molecule has 0 saturated heterocycles. The number of halogens is 1. The van der Waals surface area contributed by atoms with Crippen molar-refractivity contribution in [3.05, 3.63) is 35.9 Å². The van der Waals surface area contributed by atoms with Crippen LogP contribution >= 0.6 is 11.6 Å². The molecule has 0 aliphatic heterocycles. The van der Waals surface area contributed by atoms with Crippen molar-refractivity contribution < 1.29 is 9.90 Å². The maximum Gasteiger partial charge on any atom is 0.242 e. The van der Waals surface area contributed by atoms with Gasteiger partial charge >= 0.3 is 0 Å². The van der Waals surface area contributed by atoms with Crippen molar-refractivity contribution >= 4 is 17.5 Å². The Labute approximate surface area is 131 Å². The Morgan fingerprint density at radius 3 is 2.38 bits per heavy atom. The lowest BCUT2D eigenvalue weighted by Crippen LogP contribution is -2.47. The van der Waals surface area contributed by atoms with E-state index in [1.54, 1.807) is 0 Å². The molecule has 2 N–H and O–H groups in total. The topological polar surface area (TPSA) is 49.3 Å². The summed E-state index contributed by atoms with van der Waals surface area (Å²) >= 11 is 6.17. The maximum absolute atomic E-state index is 12.1. The van der Waals surface area contributed by atoms with E-state index in [2.05, 4.69) is 19.2 Å². The first-order valence-electron chi connectivity index (χ1n) is 7.51. The van der Waals surface area contributed by atoms with Crippen molar-refractivity contribution in [3.63, 3.8) is 0 Å². The third kappa shape index (κ3) is 4.45. The standard InChI is InChI=1S/C17H24ClNO2/c1-16(2)8-10-17(21,11-9-16)12-19-15(20)14(18)13-6-4-3-5-7-13/h3-7,14,21H,8-12H2,1-2H3,(H,19,20). The smallest absolute Gasteiger partial charge is 0.242 e. The van der Waals surface area contributed by atoms with Crippen molar-refractivity contribution in [2.45, 2.75) is 50.5 Å². The molecule has 1 aliphatic rings. The van der Waals surface area contributed by atoms with E-state index in [4.69, 9.17) is 11.6 Å². The first-order valence-corrected chi connectivity index (χ1v) is 7.94. The highest BCUT2D eigenvalue weighted by molar-refractivity contribution is 6.30. The SMILES string of the molecule is CC1(C)CCC(O)(CNC(=O)C(Cl)c2ccccc2)CC1. The zero-order valence-corrected chi connectivity index (χ0v) is 13.5. The van der Waals surface area contributed by atoms with Crippen LogP contribution in [0, 0.1) is 5.41 Å². The molecule has 2 rings (SSSR count). The molecule has 0 spiro atoms. The van der Waals surface area contributed by atoms with Crippen molar-refractivity contribution in [2.75, 3.05) is 6.54 Å². The highest BCUT2D eigenvalue weighted by Gasteiger charge is 2.37. The van der Waals surface area contributed by atoms with Crippen molar-refractivity contribution in [1.29, 1.82) is 0 Å². The summed E-state index contributed by atoms with van der Waals surface area (Å²) < 4.78 is 0. The number of hydrogen-bond donors (Lipinski definition) is 2. The number of aliphatic hydroxyl groups is 1. The molecule has 4 heteroatoms. The average molecular weight is 310 g/mol. The molecule has 1 atom stereocenters. The van der Waals surface area contributed by atoms with Crippen LogP contribution in [0.4, 0.5) is 0 Å². The molecule has 116 valence electrons. The number of hydrogen-bond acceptors (Lipinski definition) is 2. The first kappa shape index (κ1) is 16.3. The van der Waals surface area contributed by atoms with Gasteiger partial charge < -0.3 is 10.4 Å². The summed E-state index contributed by atoms with van der Waals surface area (Å²) in [5, 5.41) is 12.6. The molecule has 0 bridgehead atoms. The van der Waals surface area contributed by atoms with Gasteiger partial charge in [0.1, 0.15) is 5.38 Å². The van der Waals surface area contributed by atoms with Gasteiger partial charge in [-0.15, -0.1) is 11.6 Å². The predicted octanol–water partition coefficient (Wildman–Crippen LogP) is 3.41. The molecular weight excluding hydrogens is 286 g/mol. The van der Waals surface area contributed by atoms with Crippen LogP contribution in [0.2, 0.25) is 0 Å². The number of carbonyl (C=O) groups is 1. The molecule has 1 aliphatic carbocycles. The Morgan fingerprint density at radius 1 is 1.24 bits per heavy atom. The van der Waals surface area contributed by atoms with Gasteiger partial charge in [0.05, 0.1) is 5.60 Å². The van der Waals surface area contributed by atoms with Crippen molar-refractivity contribution in [2.24, 2.45) is 5.41 Å². The highest BCUT2D eigenvalue weighted by Crippen LogP contribution is 2.39. The Balaban J connectivity index is 1.87. The van der Waals surface area contributed by atoms with E-state index in [0.29, 0.717) is 0 Å². The molecule has 21 heavy (non-hydrogen) atoms. The normalized spacial score (nSPS) is 21.5. The minimum absolute atomic E-state index is 0.249. The quantitative estimate of drug-likeness (QED) is 0.837. The lowest BCUT2D eigenvalue weighted by molar-refractivity contribution is -0.122. The van der Waals surface area contributed by atoms with E-state index in [0.717, 1.165) is 31.2 Å². The second-order valence-electron chi connectivity index (χ2n) is 6.88. The highest BCUT2D eigenvalue weighted by atomic mass is 35.5. The second-order valence-corrected chi connectivity index (χ2v) is 7.32. The van der Waals surface area contributed by atoms with Crippen LogP contribution in [0.15, 0.2) is 30.3 Å². The molecule has 1 saturated carbocycles. The Hall–Kier alpha value is -1.06. The van der Waals surface area contributed by atoms with Crippen LogP contribution in [-0.2, 0) is 4.79 Å². The van der Waals surface area contributed by atoms with Crippen LogP contribution in [0.5, 0.6) is 0 Å². The summed E-state index contributed by atoms with van der Waals surface area (Å²) in [5.41, 5.74) is 0.266. The lowest BCUT2D eigenvalue weighted by atomic mass is 9.71. The maximum atomic E-state index is 12.1. The van der Waals surface area contributed by atoms with Crippen LogP contribution in [0.25, 0.3) is 0 Å². The molecule has 1 fully saturated rings. The van der Waals surface area contributed by atoms with Gasteiger partial charge in [0.2, 0.25) is 5.91 Å². The minimum atomic E-state index is -0.793. The Morgan fingerprint density at radius 2 is 1.81 bits per heavy atom. The lowest BCUT2D eigenvalue weighted by Gasteiger charge is -2.40. The first-order chi connectivity index (χ1) is 9.81. The number of amides is 1. The fourth-order valence-corrected chi connectivity index (χ4v) is 2.91. The summed E-state index contributed by atoms with van der Waals surface area (Å²) in [4.78, 5) is 12.1. The molecular formula is C17H24ClNO2. The van der Waals surface area contributed by atoms with Gasteiger partial charge in [-0.1, -0.05) is 44.2 Å². The van der Waals surface area contributed by atoms with E-state index < -0.39 is 11.0 Å². The monoisotopic (exact) mass is 309 g/mol. The summed E-state index contributed by atoms with van der Waals surface area (Å²) in [6.45, 7) is 4.71. The molecule has 1 aromatic rings. The number of rotatable bonds is 4. The van der Waals surface area contributed by atoms with Gasteiger partial charge in [0, 0.05) is 6.54 Å². The summed E-state index contributed by atoms with van der Waals surface area (Å²) in [5.74, 6) is -0.249. The van der Waals surface area contributed by atoms with Crippen molar-refractivity contribution in [3.8, 4) is 0 Å². The Bertz CT molecular complexity index is 477. The van der Waals surface area contributed by atoms with Crippen LogP contribution in [0.1, 0.15) is 50.5 Å². The van der Waals surface area contributed by atoms with Gasteiger partial charge in [0.15, 0.2) is 0 Å². The van der Waals surface area contributed by atoms with E-state index in [1.165, 1.54) is 0 Å². The largest absolute Gasteiger partial charge is 0.388 e. The van der Waals surface area contributed by atoms with Gasteiger partial charge in [-0.25, -0.2) is 0 Å². The molecule has 1 amide bonds. The van der Waals surface area contributed by atoms with Gasteiger partial charge in [-0.2, -0.15) is 0 Å². The Kier molecular flexibility index (Phi) is 4.95. The summed E-state index contributed by atoms with van der Waals surface area (Å²) in [6, 6.07) is 9.26. The fourth-order valence-electron chi connectivity index (χ4n) is 2.68. The second kappa shape index (κ2) is 6.37. The number of benzene rings is 1. The zero-order valence-electron chi connectivity index (χ0n) is 12.7. The molecule has 0 heterocycles. The van der Waals surface area contributed by atoms with Crippen LogP contribution in [-0.4, -0.2) is 23.2 Å². The van der Waals surface area contributed by atoms with E-state index in [-0.39, 0.29) is 17.9 Å². The molecule has 3 nitrogen and oxygen atoms in total. The molecule has 0 radical (unpaired) electrons. The van der Waals surface area contributed by atoms with Gasteiger partial charge in [0.25, 0.3) is 0 Å². The minimum Gasteiger partial charge on any atom is -0.388 e. The van der Waals surface area contributed by atoms with Crippen LogP contribution in [0.3, 0.4) is 0 Å². The third-order valence-electron chi connectivity index (χ3n) is 4.45. The average Bonchev–Trinajstić information content (AvgIpc) is 2.49. The van der Waals surface area contributed by atoms with E-state index in [9.17, 15) is 9.90 Å². The fraction of sp³-hybridized carbons (Fsp3) is 0.588. The number of nitrogens with one attached hydrogen (secondary N) is 1. The summed E-state index contributed by atoms with van der Waals surface area (Å²) in [6.07, 6.45) is 3.39. The number of carbonyl (C=O) groups excluding carboxylic acids is 1. The molecule has 1 aromatic carbocycles. The predicted molar refractivity (Wildman–Crippen MR) is 85.2 cm³/mol. The van der Waals surface area contributed by atoms with Crippen molar-refractivity contribution in [1.82, 2.24) is 5.32 Å². The van der Waals surface area contributed by atoms with Gasteiger partial charge in [-0.05, 0) is 36.7 Å². The van der Waals surface area contributed by atoms with Crippen LogP contribution < -0.4 is 5.32 Å². The number of alkyl halides is 1. The van der Waals surface area contributed by atoms with E-state index >= 15 is 0 Å². The van der Waals surface area contributed by atoms with Gasteiger partial charge in [-0.3, -0.25) is 4.79 Å². The molecule has 0 aromatic heterocycles. The summed E-state index contributed by atoms with van der Waals surface area (Å²) in [7, 11) is 0. The molecule has 1 unspecified atom stereocenters. The van der Waals surface area contributed by atoms with E-state index in [1.807, 2.05) is 30.3 Å².